The summed E-state index contributed by atoms with van der Waals surface area (Å²) < 4.78 is 22.4. The van der Waals surface area contributed by atoms with E-state index in [0.717, 1.165) is 0 Å². The summed E-state index contributed by atoms with van der Waals surface area (Å²) >= 11 is 0. The Morgan fingerprint density at radius 1 is 1.15 bits per heavy atom. The van der Waals surface area contributed by atoms with Crippen molar-refractivity contribution in [2.75, 3.05) is 5.43 Å². The first kappa shape index (κ1) is 17.5. The predicted molar refractivity (Wildman–Crippen MR) is 96.4 cm³/mol. The summed E-state index contributed by atoms with van der Waals surface area (Å²) in [6, 6.07) is 12.3. The molecule has 0 aliphatic heterocycles. The van der Waals surface area contributed by atoms with Crippen molar-refractivity contribution in [2.24, 2.45) is 10.2 Å². The Kier molecular flexibility index (Phi) is 4.61. The van der Waals surface area contributed by atoms with Gasteiger partial charge >= 0.3 is 0 Å². The van der Waals surface area contributed by atoms with E-state index in [-0.39, 0.29) is 16.3 Å². The van der Waals surface area contributed by atoms with E-state index in [1.165, 1.54) is 24.3 Å². The van der Waals surface area contributed by atoms with E-state index in [1.54, 1.807) is 24.3 Å². The molecule has 132 valence electrons. The lowest BCUT2D eigenvalue weighted by Gasteiger charge is -2.04. The lowest BCUT2D eigenvalue weighted by Crippen LogP contribution is -2.22. The molecule has 1 heterocycles. The van der Waals surface area contributed by atoms with E-state index in [0.29, 0.717) is 23.0 Å². The molecule has 0 saturated heterocycles. The van der Waals surface area contributed by atoms with Gasteiger partial charge in [0, 0.05) is 0 Å². The third-order valence-corrected chi connectivity index (χ3v) is 4.37. The second-order valence-electron chi connectivity index (χ2n) is 5.23. The third-order valence-electron chi connectivity index (χ3n) is 3.44. The van der Waals surface area contributed by atoms with Crippen molar-refractivity contribution in [3.05, 3.63) is 64.6 Å². The van der Waals surface area contributed by atoms with Crippen LogP contribution in [-0.2, 0) is 14.8 Å². The molecule has 26 heavy (non-hydrogen) atoms. The normalized spacial score (nSPS) is 12.1. The molecular weight excluding hydrogens is 358 g/mol. The van der Waals surface area contributed by atoms with Crippen molar-refractivity contribution in [2.45, 2.75) is 4.90 Å². The topological polar surface area (TPSA) is 147 Å². The van der Waals surface area contributed by atoms with Crippen LogP contribution in [0.1, 0.15) is 5.69 Å². The number of aromatic nitrogens is 2. The highest BCUT2D eigenvalue weighted by Gasteiger charge is 2.12. The monoisotopic (exact) mass is 371 g/mol. The number of H-pyrrole nitrogens is 1. The van der Waals surface area contributed by atoms with Gasteiger partial charge in [0.15, 0.2) is 17.7 Å². The van der Waals surface area contributed by atoms with Crippen LogP contribution in [0.5, 0.6) is 0 Å². The van der Waals surface area contributed by atoms with Crippen LogP contribution in [-0.4, -0.2) is 30.4 Å². The molecule has 2 aromatic carbocycles. The number of nitrogens with two attached hydrogens (primary N) is 1. The summed E-state index contributed by atoms with van der Waals surface area (Å²) in [7, 11) is -3.80. The number of aldehydes is 1. The lowest BCUT2D eigenvalue weighted by atomic mass is 10.2. The van der Waals surface area contributed by atoms with Gasteiger partial charge in [-0.05, 0) is 36.4 Å². The number of anilines is 1. The number of carbonyl (C=O) groups excluding carboxylic acids is 1. The maximum absolute atomic E-state index is 12.1. The lowest BCUT2D eigenvalue weighted by molar-refractivity contribution is -0.102. The van der Waals surface area contributed by atoms with Crippen molar-refractivity contribution in [1.82, 2.24) is 9.97 Å². The molecule has 0 spiro atoms. The first-order valence-electron chi connectivity index (χ1n) is 7.29. The first-order valence-corrected chi connectivity index (χ1v) is 8.84. The number of hydrogen-bond acceptors (Lipinski definition) is 7. The molecule has 0 atom stereocenters. The van der Waals surface area contributed by atoms with Crippen molar-refractivity contribution >= 4 is 38.7 Å². The number of hydrazone groups is 1. The van der Waals surface area contributed by atoms with Crippen LogP contribution < -0.4 is 16.1 Å². The summed E-state index contributed by atoms with van der Waals surface area (Å²) in [5.74, 6) is 0. The van der Waals surface area contributed by atoms with Gasteiger partial charge in [0.05, 0.1) is 21.6 Å². The van der Waals surface area contributed by atoms with Gasteiger partial charge in [-0.1, -0.05) is 12.1 Å². The van der Waals surface area contributed by atoms with Crippen LogP contribution in [0, 0.1) is 0 Å². The fraction of sp³-hybridized carbons (Fsp3) is 0. The second kappa shape index (κ2) is 6.86. The van der Waals surface area contributed by atoms with Gasteiger partial charge in [-0.15, -0.1) is 0 Å². The summed E-state index contributed by atoms with van der Waals surface area (Å²) in [5.41, 5.74) is 3.13. The molecule has 0 aliphatic carbocycles. The number of rotatable bonds is 5. The quantitative estimate of drug-likeness (QED) is 0.340. The smallest absolute Gasteiger partial charge is 0.276 e. The van der Waals surface area contributed by atoms with E-state index in [2.05, 4.69) is 20.5 Å². The fourth-order valence-electron chi connectivity index (χ4n) is 2.18. The van der Waals surface area contributed by atoms with Gasteiger partial charge in [0.2, 0.25) is 10.0 Å². The van der Waals surface area contributed by atoms with Crippen molar-refractivity contribution in [3.63, 3.8) is 0 Å². The standard InChI is InChI=1S/C16H13N5O4S/c17-26(24,25)11-7-5-10(6-8-11)20-21-14(9-22)15-16(23)19-13-4-2-1-3-12(13)18-15/h1-9,20H,(H,19,23)(H2,17,24,25)/b21-14+. The minimum absolute atomic E-state index is 0.0599. The average molecular weight is 371 g/mol. The minimum atomic E-state index is -3.80. The minimum Gasteiger partial charge on any atom is -0.319 e. The average Bonchev–Trinajstić information content (AvgIpc) is 2.62. The summed E-state index contributed by atoms with van der Waals surface area (Å²) in [4.78, 5) is 30.2. The Morgan fingerprint density at radius 2 is 1.85 bits per heavy atom. The Bertz CT molecular complexity index is 1170. The highest BCUT2D eigenvalue weighted by molar-refractivity contribution is 7.89. The van der Waals surface area contributed by atoms with Crippen LogP contribution in [0.2, 0.25) is 0 Å². The Morgan fingerprint density at radius 3 is 2.50 bits per heavy atom. The maximum Gasteiger partial charge on any atom is 0.276 e. The number of hydrogen-bond donors (Lipinski definition) is 3. The molecule has 9 nitrogen and oxygen atoms in total. The highest BCUT2D eigenvalue weighted by Crippen LogP contribution is 2.13. The van der Waals surface area contributed by atoms with Gasteiger partial charge in [-0.25, -0.2) is 18.5 Å². The SMILES string of the molecule is NS(=O)(=O)c1ccc(N/N=C(\C=O)c2nc3ccccc3[nH]c2=O)cc1. The van der Waals surface area contributed by atoms with Crippen molar-refractivity contribution < 1.29 is 13.2 Å². The van der Waals surface area contributed by atoms with Crippen LogP contribution in [0.4, 0.5) is 5.69 Å². The van der Waals surface area contributed by atoms with Gasteiger partial charge in [0.1, 0.15) is 0 Å². The number of carbonyl (C=O) groups is 1. The van der Waals surface area contributed by atoms with E-state index in [4.69, 9.17) is 5.14 Å². The molecule has 0 saturated carbocycles. The molecular formula is C16H13N5O4S. The van der Waals surface area contributed by atoms with E-state index in [1.807, 2.05) is 0 Å². The molecule has 0 unspecified atom stereocenters. The Hall–Kier alpha value is -3.37. The van der Waals surface area contributed by atoms with Crippen LogP contribution in [0.25, 0.3) is 11.0 Å². The molecule has 0 bridgehead atoms. The molecule has 3 aromatic rings. The summed E-state index contributed by atoms with van der Waals surface area (Å²) in [6.45, 7) is 0. The number of aromatic amines is 1. The third kappa shape index (κ3) is 3.66. The molecule has 10 heteroatoms. The largest absolute Gasteiger partial charge is 0.319 e. The van der Waals surface area contributed by atoms with Crippen LogP contribution >= 0.6 is 0 Å². The fourth-order valence-corrected chi connectivity index (χ4v) is 2.70. The zero-order chi connectivity index (χ0) is 18.7. The zero-order valence-corrected chi connectivity index (χ0v) is 14.0. The van der Waals surface area contributed by atoms with E-state index < -0.39 is 15.6 Å². The highest BCUT2D eigenvalue weighted by atomic mass is 32.2. The number of primary sulfonamides is 1. The molecule has 0 aliphatic rings. The van der Waals surface area contributed by atoms with Crippen molar-refractivity contribution in [1.29, 1.82) is 0 Å². The van der Waals surface area contributed by atoms with Crippen molar-refractivity contribution in [3.8, 4) is 0 Å². The molecule has 0 amide bonds. The van der Waals surface area contributed by atoms with Gasteiger partial charge < -0.3 is 4.98 Å². The zero-order valence-electron chi connectivity index (χ0n) is 13.2. The number of fused-ring (bicyclic) bond motifs is 1. The molecule has 3 rings (SSSR count). The van der Waals surface area contributed by atoms with Gasteiger partial charge in [-0.2, -0.15) is 5.10 Å². The number of nitrogens with one attached hydrogen (secondary N) is 2. The van der Waals surface area contributed by atoms with E-state index in [9.17, 15) is 18.0 Å². The first-order chi connectivity index (χ1) is 12.4. The Balaban J connectivity index is 1.93. The van der Waals surface area contributed by atoms with Crippen LogP contribution in [0.3, 0.4) is 0 Å². The molecule has 0 fully saturated rings. The molecule has 0 radical (unpaired) electrons. The number of para-hydroxylation sites is 2. The number of sulfonamides is 1. The second-order valence-corrected chi connectivity index (χ2v) is 6.79. The molecule has 4 N–H and O–H groups in total. The predicted octanol–water partition coefficient (Wildman–Crippen LogP) is 0.586. The Labute approximate surface area is 147 Å². The van der Waals surface area contributed by atoms with Crippen LogP contribution in [0.15, 0.2) is 63.3 Å². The summed E-state index contributed by atoms with van der Waals surface area (Å²) in [6.07, 6.45) is 0.401. The van der Waals surface area contributed by atoms with Gasteiger partial charge in [0.25, 0.3) is 5.56 Å². The molecule has 1 aromatic heterocycles. The maximum atomic E-state index is 12.1. The van der Waals surface area contributed by atoms with Gasteiger partial charge in [-0.3, -0.25) is 15.0 Å². The summed E-state index contributed by atoms with van der Waals surface area (Å²) in [5, 5.41) is 8.90. The van der Waals surface area contributed by atoms with E-state index >= 15 is 0 Å². The number of nitrogens with zero attached hydrogens (tertiary/aromatic N) is 2. The number of benzene rings is 2.